The van der Waals surface area contributed by atoms with Gasteiger partial charge < -0.3 is 14.6 Å². The Morgan fingerprint density at radius 3 is 2.44 bits per heavy atom. The summed E-state index contributed by atoms with van der Waals surface area (Å²) >= 11 is 0. The quantitative estimate of drug-likeness (QED) is 0.301. The van der Waals surface area contributed by atoms with Crippen LogP contribution in [0.3, 0.4) is 0 Å². The molecule has 0 saturated carbocycles. The molecule has 1 N–H and O–H groups in total. The van der Waals surface area contributed by atoms with Crippen LogP contribution in [0.5, 0.6) is 0 Å². The zero-order chi connectivity index (χ0) is 12.4. The molecule has 92 valence electrons. The summed E-state index contributed by atoms with van der Waals surface area (Å²) in [6.45, 7) is 6.66. The molecule has 0 aliphatic carbocycles. The highest BCUT2D eigenvalue weighted by atomic mass is 28.2. The third-order valence-electron chi connectivity index (χ3n) is 1.89. The zero-order valence-electron chi connectivity index (χ0n) is 10.2. The van der Waals surface area contributed by atoms with Gasteiger partial charge >= 0.3 is 5.97 Å². The first kappa shape index (κ1) is 15.1. The van der Waals surface area contributed by atoms with Crippen LogP contribution in [-0.2, 0) is 14.3 Å². The fourth-order valence-electron chi connectivity index (χ4n) is 1.09. The molecule has 0 amide bonds. The first-order valence-corrected chi connectivity index (χ1v) is 7.31. The van der Waals surface area contributed by atoms with E-state index in [-0.39, 0.29) is 11.9 Å². The smallest absolute Gasteiger partial charge is 0.339 e. The molecule has 0 heterocycles. The highest BCUT2D eigenvalue weighted by molar-refractivity contribution is 6.42. The molecule has 0 atom stereocenters. The summed E-state index contributed by atoms with van der Waals surface area (Å²) < 4.78 is 10.8. The lowest BCUT2D eigenvalue weighted by Gasteiger charge is -2.15. The molecule has 5 heteroatoms. The van der Waals surface area contributed by atoms with Crippen LogP contribution < -0.4 is 0 Å². The van der Waals surface area contributed by atoms with Gasteiger partial charge in [-0.15, -0.1) is 5.73 Å². The monoisotopic (exact) mass is 244 g/mol. The van der Waals surface area contributed by atoms with E-state index in [4.69, 9.17) is 14.6 Å². The molecule has 0 aromatic rings. The summed E-state index contributed by atoms with van der Waals surface area (Å²) in [7, 11) is -0.522. The molecular formula is C11H20O4Si. The zero-order valence-corrected chi connectivity index (χ0v) is 11.6. The Bertz CT molecular complexity index is 263. The van der Waals surface area contributed by atoms with Crippen LogP contribution in [0.2, 0.25) is 6.04 Å². The van der Waals surface area contributed by atoms with Crippen molar-refractivity contribution in [2.75, 3.05) is 13.2 Å². The van der Waals surface area contributed by atoms with Crippen LogP contribution in [-0.4, -0.2) is 40.1 Å². The lowest BCUT2D eigenvalue weighted by molar-refractivity contribution is -0.132. The SMILES string of the molecule is CCOC(C[SiH2]C=C=C(C)C(=O)O)OCC. The van der Waals surface area contributed by atoms with Crippen LogP contribution in [0.4, 0.5) is 0 Å². The van der Waals surface area contributed by atoms with E-state index in [1.165, 1.54) is 6.92 Å². The van der Waals surface area contributed by atoms with Gasteiger partial charge in [0.25, 0.3) is 0 Å². The lowest BCUT2D eigenvalue weighted by atomic mass is 10.3. The van der Waals surface area contributed by atoms with Crippen LogP contribution in [0.25, 0.3) is 0 Å². The molecule has 4 nitrogen and oxygen atoms in total. The van der Waals surface area contributed by atoms with E-state index >= 15 is 0 Å². The minimum atomic E-state index is -0.920. The Morgan fingerprint density at radius 1 is 1.44 bits per heavy atom. The Hall–Kier alpha value is -0.873. The van der Waals surface area contributed by atoms with Crippen LogP contribution >= 0.6 is 0 Å². The van der Waals surface area contributed by atoms with Gasteiger partial charge in [-0.2, -0.15) is 0 Å². The number of hydrogen-bond donors (Lipinski definition) is 1. The van der Waals surface area contributed by atoms with Gasteiger partial charge in [0.05, 0.1) is 15.1 Å². The first-order chi connectivity index (χ1) is 7.61. The van der Waals surface area contributed by atoms with Gasteiger partial charge in [-0.3, -0.25) is 0 Å². The third kappa shape index (κ3) is 7.42. The minimum absolute atomic E-state index is 0.148. The number of carboxylic acid groups (broad SMARTS) is 1. The summed E-state index contributed by atoms with van der Waals surface area (Å²) in [5, 5.41) is 8.61. The average Bonchev–Trinajstić information content (AvgIpc) is 2.24. The summed E-state index contributed by atoms with van der Waals surface area (Å²) in [6.07, 6.45) is -0.148. The van der Waals surface area contributed by atoms with Gasteiger partial charge in [-0.25, -0.2) is 4.79 Å². The molecule has 0 saturated heterocycles. The summed E-state index contributed by atoms with van der Waals surface area (Å²) in [5.74, 6) is -0.920. The van der Waals surface area contributed by atoms with Gasteiger partial charge in [0.1, 0.15) is 0 Å². The third-order valence-corrected chi connectivity index (χ3v) is 3.19. The number of hydrogen-bond acceptors (Lipinski definition) is 3. The van der Waals surface area contributed by atoms with Crippen LogP contribution in [0.15, 0.2) is 17.0 Å². The maximum Gasteiger partial charge on any atom is 0.339 e. The molecule has 0 aromatic carbocycles. The van der Waals surface area contributed by atoms with E-state index < -0.39 is 15.5 Å². The molecule has 0 bridgehead atoms. The van der Waals surface area contributed by atoms with E-state index in [1.807, 2.05) is 19.5 Å². The Morgan fingerprint density at radius 2 is 2.00 bits per heavy atom. The van der Waals surface area contributed by atoms with Crippen molar-refractivity contribution in [2.45, 2.75) is 33.1 Å². The number of rotatable bonds is 8. The molecule has 0 aliphatic heterocycles. The normalized spacial score (nSPS) is 10.8. The molecule has 0 aliphatic rings. The predicted molar refractivity (Wildman–Crippen MR) is 65.3 cm³/mol. The van der Waals surface area contributed by atoms with E-state index in [0.29, 0.717) is 13.2 Å². The van der Waals surface area contributed by atoms with Gasteiger partial charge in [0.2, 0.25) is 0 Å². The van der Waals surface area contributed by atoms with Crippen molar-refractivity contribution in [1.29, 1.82) is 0 Å². The highest BCUT2D eigenvalue weighted by Crippen LogP contribution is 2.01. The van der Waals surface area contributed by atoms with Crippen molar-refractivity contribution in [3.05, 3.63) is 17.0 Å². The summed E-state index contributed by atoms with van der Waals surface area (Å²) in [6, 6.07) is 0.849. The van der Waals surface area contributed by atoms with E-state index in [2.05, 4.69) is 5.73 Å². The molecule has 0 spiro atoms. The van der Waals surface area contributed by atoms with E-state index in [0.717, 1.165) is 6.04 Å². The number of carbonyl (C=O) groups is 1. The number of carboxylic acids is 1. The first-order valence-electron chi connectivity index (χ1n) is 5.50. The summed E-state index contributed by atoms with van der Waals surface area (Å²) in [4.78, 5) is 10.5. The summed E-state index contributed by atoms with van der Waals surface area (Å²) in [5.41, 5.74) is 4.85. The Labute approximate surface area is 98.8 Å². The Kier molecular flexibility index (Phi) is 8.85. The second-order valence-electron chi connectivity index (χ2n) is 3.20. The topological polar surface area (TPSA) is 55.8 Å². The van der Waals surface area contributed by atoms with Crippen molar-refractivity contribution in [2.24, 2.45) is 0 Å². The fraction of sp³-hybridized carbons (Fsp3) is 0.636. The average molecular weight is 244 g/mol. The Balaban J connectivity index is 4.02. The molecule has 0 unspecified atom stereocenters. The van der Waals surface area contributed by atoms with Crippen LogP contribution in [0.1, 0.15) is 20.8 Å². The maximum atomic E-state index is 10.5. The van der Waals surface area contributed by atoms with E-state index in [1.54, 1.807) is 0 Å². The van der Waals surface area contributed by atoms with Crippen LogP contribution in [0, 0.1) is 0 Å². The molecule has 0 aromatic heterocycles. The van der Waals surface area contributed by atoms with Crippen molar-refractivity contribution in [1.82, 2.24) is 0 Å². The highest BCUT2D eigenvalue weighted by Gasteiger charge is 2.05. The standard InChI is InChI=1S/C11H20O4Si/c1-4-14-10(15-5-2)8-16-7-6-9(3)11(12)13/h7,10H,4-5,8,16H2,1-3H3,(H,12,13). The molecule has 16 heavy (non-hydrogen) atoms. The molecular weight excluding hydrogens is 224 g/mol. The fourth-order valence-corrected chi connectivity index (χ4v) is 2.32. The molecule has 0 rings (SSSR count). The minimum Gasteiger partial charge on any atom is -0.477 e. The largest absolute Gasteiger partial charge is 0.477 e. The lowest BCUT2D eigenvalue weighted by Crippen LogP contribution is -2.18. The predicted octanol–water partition coefficient (Wildman–Crippen LogP) is 1.12. The van der Waals surface area contributed by atoms with Gasteiger partial charge in [-0.05, 0) is 26.8 Å². The molecule has 0 fully saturated rings. The van der Waals surface area contributed by atoms with E-state index in [9.17, 15) is 4.79 Å². The maximum absolute atomic E-state index is 10.5. The van der Waals surface area contributed by atoms with Crippen molar-refractivity contribution in [3.63, 3.8) is 0 Å². The van der Waals surface area contributed by atoms with Crippen molar-refractivity contribution in [3.8, 4) is 0 Å². The second kappa shape index (κ2) is 9.36. The molecule has 0 radical (unpaired) electrons. The van der Waals surface area contributed by atoms with Crippen molar-refractivity contribution < 1.29 is 19.4 Å². The van der Waals surface area contributed by atoms with Crippen molar-refractivity contribution >= 4 is 15.5 Å². The van der Waals surface area contributed by atoms with Gasteiger partial charge in [0, 0.05) is 13.2 Å². The van der Waals surface area contributed by atoms with Gasteiger partial charge in [-0.1, -0.05) is 5.70 Å². The number of aliphatic carboxylic acids is 1. The van der Waals surface area contributed by atoms with Gasteiger partial charge in [0.15, 0.2) is 6.29 Å². The number of ether oxygens (including phenoxy) is 2. The second-order valence-corrected chi connectivity index (χ2v) is 4.76.